The molecule has 3 rings (SSSR count). The summed E-state index contributed by atoms with van der Waals surface area (Å²) in [7, 11) is 1.78. The smallest absolute Gasteiger partial charge is 0.319 e. The minimum absolute atomic E-state index is 0.241. The predicted molar refractivity (Wildman–Crippen MR) is 108 cm³/mol. The summed E-state index contributed by atoms with van der Waals surface area (Å²) in [4.78, 5) is 25.3. The highest BCUT2D eigenvalue weighted by Crippen LogP contribution is 2.22. The molecule has 1 heterocycles. The van der Waals surface area contributed by atoms with Crippen LogP contribution < -0.4 is 16.2 Å². The number of carbonyl (C=O) groups is 1. The summed E-state index contributed by atoms with van der Waals surface area (Å²) in [5, 5.41) is 6.08. The normalized spacial score (nSPS) is 11.9. The highest BCUT2D eigenvalue weighted by atomic mass is 35.5. The number of anilines is 1. The number of carbonyl (C=O) groups excluding carboxylic acids is 1. The Morgan fingerprint density at radius 1 is 1.07 bits per heavy atom. The Morgan fingerprint density at radius 3 is 2.37 bits per heavy atom. The number of nitrogens with zero attached hydrogens (tertiary/aromatic N) is 2. The number of rotatable bonds is 4. The van der Waals surface area contributed by atoms with Crippen molar-refractivity contribution >= 4 is 23.3 Å². The van der Waals surface area contributed by atoms with E-state index in [4.69, 9.17) is 11.6 Å². The maximum atomic E-state index is 12.8. The van der Waals surface area contributed by atoms with Gasteiger partial charge in [0.05, 0.1) is 17.4 Å². The third-order valence-electron chi connectivity index (χ3n) is 4.51. The van der Waals surface area contributed by atoms with Crippen LogP contribution in [-0.4, -0.2) is 15.4 Å². The maximum Gasteiger partial charge on any atom is 0.319 e. The molecule has 0 bridgehead atoms. The molecule has 7 heteroatoms. The molecule has 0 aliphatic heterocycles. The van der Waals surface area contributed by atoms with E-state index in [-0.39, 0.29) is 17.3 Å². The van der Waals surface area contributed by atoms with Gasteiger partial charge in [0.1, 0.15) is 5.69 Å². The number of amides is 2. The van der Waals surface area contributed by atoms with Crippen molar-refractivity contribution in [2.75, 3.05) is 5.32 Å². The molecule has 27 heavy (non-hydrogen) atoms. The molecular formula is C20H21ClN4O2. The van der Waals surface area contributed by atoms with E-state index in [1.165, 1.54) is 4.68 Å². The Labute approximate surface area is 162 Å². The molecule has 1 unspecified atom stereocenters. The van der Waals surface area contributed by atoms with E-state index in [9.17, 15) is 9.59 Å². The van der Waals surface area contributed by atoms with Gasteiger partial charge in [0.2, 0.25) is 0 Å². The fourth-order valence-corrected chi connectivity index (χ4v) is 3.26. The van der Waals surface area contributed by atoms with E-state index < -0.39 is 6.03 Å². The largest absolute Gasteiger partial charge is 0.331 e. The molecule has 2 N–H and O–H groups in total. The lowest BCUT2D eigenvalue weighted by Gasteiger charge is -2.15. The van der Waals surface area contributed by atoms with E-state index >= 15 is 0 Å². The third kappa shape index (κ3) is 3.75. The monoisotopic (exact) mass is 384 g/mol. The van der Waals surface area contributed by atoms with Crippen LogP contribution in [0.5, 0.6) is 0 Å². The van der Waals surface area contributed by atoms with Crippen LogP contribution in [0.1, 0.15) is 24.2 Å². The zero-order valence-electron chi connectivity index (χ0n) is 15.4. The lowest BCUT2D eigenvalue weighted by Crippen LogP contribution is -2.33. The minimum Gasteiger partial charge on any atom is -0.331 e. The Bertz CT molecular complexity index is 1020. The number of hydrogen-bond acceptors (Lipinski definition) is 2. The Kier molecular flexibility index (Phi) is 5.37. The predicted octanol–water partition coefficient (Wildman–Crippen LogP) is 4.02. The van der Waals surface area contributed by atoms with E-state index in [0.29, 0.717) is 10.7 Å². The van der Waals surface area contributed by atoms with Gasteiger partial charge >= 0.3 is 6.03 Å². The van der Waals surface area contributed by atoms with Gasteiger partial charge in [-0.15, -0.1) is 0 Å². The molecule has 0 aliphatic carbocycles. The standard InChI is InChI=1S/C20H21ClN4O2/c1-13(16-11-7-8-12-17(16)21)22-20(27)23-18-14(2)24(3)25(19(18)26)15-9-5-4-6-10-15/h4-13H,1-3H3,(H2,22,23,27). The second kappa shape index (κ2) is 7.72. The molecule has 0 spiro atoms. The van der Waals surface area contributed by atoms with Gasteiger partial charge in [-0.3, -0.25) is 9.48 Å². The second-order valence-corrected chi connectivity index (χ2v) is 6.69. The van der Waals surface area contributed by atoms with Crippen LogP contribution in [0.2, 0.25) is 5.02 Å². The van der Waals surface area contributed by atoms with E-state index in [0.717, 1.165) is 11.3 Å². The Hall–Kier alpha value is -2.99. The molecule has 0 aliphatic rings. The molecule has 1 atom stereocenters. The summed E-state index contributed by atoms with van der Waals surface area (Å²) < 4.78 is 3.23. The summed E-state index contributed by atoms with van der Waals surface area (Å²) in [6, 6.07) is 15.8. The molecule has 3 aromatic rings. The number of urea groups is 1. The highest BCUT2D eigenvalue weighted by Gasteiger charge is 2.19. The lowest BCUT2D eigenvalue weighted by atomic mass is 10.1. The van der Waals surface area contributed by atoms with Crippen LogP contribution in [-0.2, 0) is 7.05 Å². The highest BCUT2D eigenvalue weighted by molar-refractivity contribution is 6.31. The van der Waals surface area contributed by atoms with Crippen LogP contribution >= 0.6 is 11.6 Å². The van der Waals surface area contributed by atoms with Crippen LogP contribution in [0.15, 0.2) is 59.4 Å². The van der Waals surface area contributed by atoms with Crippen molar-refractivity contribution < 1.29 is 4.79 Å². The first-order chi connectivity index (χ1) is 12.9. The molecule has 1 aromatic heterocycles. The van der Waals surface area contributed by atoms with E-state index in [1.807, 2.05) is 55.5 Å². The van der Waals surface area contributed by atoms with Gasteiger partial charge < -0.3 is 10.6 Å². The molecule has 140 valence electrons. The van der Waals surface area contributed by atoms with Crippen LogP contribution in [0.4, 0.5) is 10.5 Å². The summed E-state index contributed by atoms with van der Waals surface area (Å²) in [6.07, 6.45) is 0. The second-order valence-electron chi connectivity index (χ2n) is 6.28. The average Bonchev–Trinajstić information content (AvgIpc) is 2.86. The molecule has 0 saturated carbocycles. The van der Waals surface area contributed by atoms with Gasteiger partial charge in [-0.05, 0) is 37.6 Å². The van der Waals surface area contributed by atoms with Gasteiger partial charge in [0, 0.05) is 12.1 Å². The molecule has 2 amide bonds. The minimum atomic E-state index is -0.464. The van der Waals surface area contributed by atoms with Gasteiger partial charge in [0.25, 0.3) is 5.56 Å². The molecule has 6 nitrogen and oxygen atoms in total. The molecule has 0 saturated heterocycles. The fourth-order valence-electron chi connectivity index (χ4n) is 2.96. The number of aromatic nitrogens is 2. The molecule has 0 radical (unpaired) electrons. The van der Waals surface area contributed by atoms with E-state index in [2.05, 4.69) is 10.6 Å². The van der Waals surface area contributed by atoms with Gasteiger partial charge in [-0.2, -0.15) is 0 Å². The van der Waals surface area contributed by atoms with Crippen LogP contribution in [0.3, 0.4) is 0 Å². The maximum absolute atomic E-state index is 12.8. The first kappa shape index (κ1) is 18.8. The number of benzene rings is 2. The Morgan fingerprint density at radius 2 is 1.70 bits per heavy atom. The van der Waals surface area contributed by atoms with Crippen LogP contribution in [0.25, 0.3) is 5.69 Å². The zero-order chi connectivity index (χ0) is 19.6. The number of nitrogens with one attached hydrogen (secondary N) is 2. The average molecular weight is 385 g/mol. The summed E-state index contributed by atoms with van der Waals surface area (Å²) >= 11 is 6.18. The summed E-state index contributed by atoms with van der Waals surface area (Å²) in [6.45, 7) is 3.62. The van der Waals surface area contributed by atoms with Crippen molar-refractivity contribution in [1.29, 1.82) is 0 Å². The number of hydrogen-bond donors (Lipinski definition) is 2. The first-order valence-electron chi connectivity index (χ1n) is 8.56. The lowest BCUT2D eigenvalue weighted by molar-refractivity contribution is 0.249. The SMILES string of the molecule is Cc1c(NC(=O)NC(C)c2ccccc2Cl)c(=O)n(-c2ccccc2)n1C. The van der Waals surface area contributed by atoms with Crippen molar-refractivity contribution in [2.45, 2.75) is 19.9 Å². The topological polar surface area (TPSA) is 68.1 Å². The first-order valence-corrected chi connectivity index (χ1v) is 8.94. The summed E-state index contributed by atoms with van der Waals surface area (Å²) in [5.41, 5.74) is 2.14. The fraction of sp³-hybridized carbons (Fsp3) is 0.200. The molecule has 0 fully saturated rings. The molecular weight excluding hydrogens is 364 g/mol. The van der Waals surface area contributed by atoms with Crippen molar-refractivity contribution in [2.24, 2.45) is 7.05 Å². The van der Waals surface area contributed by atoms with Crippen molar-refractivity contribution in [3.8, 4) is 5.69 Å². The van der Waals surface area contributed by atoms with Gasteiger partial charge in [0.15, 0.2) is 0 Å². The summed E-state index contributed by atoms with van der Waals surface area (Å²) in [5.74, 6) is 0. The van der Waals surface area contributed by atoms with Gasteiger partial charge in [-0.25, -0.2) is 9.48 Å². The zero-order valence-corrected chi connectivity index (χ0v) is 16.1. The van der Waals surface area contributed by atoms with Crippen molar-refractivity contribution in [3.05, 3.63) is 81.2 Å². The molecule has 2 aromatic carbocycles. The van der Waals surface area contributed by atoms with Crippen LogP contribution in [0, 0.1) is 6.92 Å². The number of halogens is 1. The Balaban J connectivity index is 1.83. The van der Waals surface area contributed by atoms with Crippen molar-refractivity contribution in [3.63, 3.8) is 0 Å². The van der Waals surface area contributed by atoms with Crippen molar-refractivity contribution in [1.82, 2.24) is 14.7 Å². The van der Waals surface area contributed by atoms with E-state index in [1.54, 1.807) is 24.7 Å². The van der Waals surface area contributed by atoms with Gasteiger partial charge in [-0.1, -0.05) is 48.0 Å². The third-order valence-corrected chi connectivity index (χ3v) is 4.86. The quantitative estimate of drug-likeness (QED) is 0.713. The number of para-hydroxylation sites is 1.